The van der Waals surface area contributed by atoms with Crippen molar-refractivity contribution in [1.29, 1.82) is 0 Å². The lowest BCUT2D eigenvalue weighted by molar-refractivity contribution is 0.0600. The summed E-state index contributed by atoms with van der Waals surface area (Å²) in [6.07, 6.45) is 1.69. The molecule has 2 heterocycles. The van der Waals surface area contributed by atoms with Gasteiger partial charge < -0.3 is 14.5 Å². The van der Waals surface area contributed by atoms with Crippen LogP contribution < -0.4 is 4.90 Å². The molecule has 1 fully saturated rings. The van der Waals surface area contributed by atoms with Crippen LogP contribution in [-0.4, -0.2) is 66.6 Å². The molecule has 0 radical (unpaired) electrons. The van der Waals surface area contributed by atoms with Gasteiger partial charge in [0.15, 0.2) is 0 Å². The van der Waals surface area contributed by atoms with Crippen LogP contribution >= 0.6 is 0 Å². The second-order valence-electron chi connectivity index (χ2n) is 6.67. The molecule has 3 rings (SSSR count). The van der Waals surface area contributed by atoms with E-state index in [2.05, 4.69) is 16.8 Å². The summed E-state index contributed by atoms with van der Waals surface area (Å²) < 4.78 is 4.74. The highest BCUT2D eigenvalue weighted by Gasteiger charge is 2.26. The van der Waals surface area contributed by atoms with E-state index < -0.39 is 0 Å². The fourth-order valence-corrected chi connectivity index (χ4v) is 3.23. The average molecular weight is 382 g/mol. The van der Waals surface area contributed by atoms with Gasteiger partial charge in [-0.1, -0.05) is 25.1 Å². The summed E-state index contributed by atoms with van der Waals surface area (Å²) in [5, 5.41) is 0. The van der Waals surface area contributed by atoms with Crippen molar-refractivity contribution in [2.24, 2.45) is 0 Å². The molecule has 0 saturated carbocycles. The predicted octanol–water partition coefficient (Wildman–Crippen LogP) is 2.63. The first kappa shape index (κ1) is 19.8. The maximum atomic E-state index is 13.2. The molecule has 1 aromatic carbocycles. The number of ether oxygens (including phenoxy) is 1. The molecular weight excluding hydrogens is 356 g/mol. The molecule has 1 aromatic heterocycles. The molecule has 0 unspecified atom stereocenters. The van der Waals surface area contributed by atoms with Gasteiger partial charge in [0.2, 0.25) is 0 Å². The molecule has 148 valence electrons. The predicted molar refractivity (Wildman–Crippen MR) is 107 cm³/mol. The average Bonchev–Trinajstić information content (AvgIpc) is 2.77. The lowest BCUT2D eigenvalue weighted by Crippen LogP contribution is -2.52. The zero-order valence-corrected chi connectivity index (χ0v) is 16.4. The van der Waals surface area contributed by atoms with E-state index in [9.17, 15) is 9.59 Å². The van der Waals surface area contributed by atoms with Gasteiger partial charge in [-0.3, -0.25) is 4.90 Å². The van der Waals surface area contributed by atoms with Gasteiger partial charge >= 0.3 is 12.0 Å². The van der Waals surface area contributed by atoms with Crippen LogP contribution in [0, 0.1) is 0 Å². The Kier molecular flexibility index (Phi) is 6.60. The Morgan fingerprint density at radius 3 is 2.36 bits per heavy atom. The van der Waals surface area contributed by atoms with Crippen molar-refractivity contribution in [2.45, 2.75) is 13.5 Å². The highest BCUT2D eigenvalue weighted by molar-refractivity contribution is 5.91. The number of hydrogen-bond acceptors (Lipinski definition) is 5. The second-order valence-corrected chi connectivity index (χ2v) is 6.67. The van der Waals surface area contributed by atoms with E-state index in [1.165, 1.54) is 7.11 Å². The first-order valence-corrected chi connectivity index (χ1v) is 9.49. The summed E-state index contributed by atoms with van der Waals surface area (Å²) in [4.78, 5) is 35.1. The van der Waals surface area contributed by atoms with Crippen molar-refractivity contribution in [3.8, 4) is 0 Å². The minimum Gasteiger partial charge on any atom is -0.465 e. The van der Waals surface area contributed by atoms with Gasteiger partial charge in [0.1, 0.15) is 5.82 Å². The number of carbonyl (C=O) groups is 2. The number of amides is 2. The fraction of sp³-hybridized carbons (Fsp3) is 0.381. The normalized spacial score (nSPS) is 14.6. The number of piperazine rings is 1. The zero-order chi connectivity index (χ0) is 19.9. The van der Waals surface area contributed by atoms with Crippen molar-refractivity contribution in [1.82, 2.24) is 14.8 Å². The van der Waals surface area contributed by atoms with Gasteiger partial charge in [-0.05, 0) is 36.4 Å². The van der Waals surface area contributed by atoms with E-state index in [4.69, 9.17) is 4.74 Å². The lowest BCUT2D eigenvalue weighted by atomic mass is 10.1. The molecule has 1 saturated heterocycles. The Labute approximate surface area is 165 Å². The number of pyridine rings is 1. The Balaban J connectivity index is 1.78. The number of likely N-dealkylation sites (N-methyl/N-ethyl adjacent to an activating group) is 1. The number of hydrogen-bond donors (Lipinski definition) is 0. The van der Waals surface area contributed by atoms with Gasteiger partial charge in [0.05, 0.1) is 19.2 Å². The zero-order valence-electron chi connectivity index (χ0n) is 16.4. The quantitative estimate of drug-likeness (QED) is 0.744. The van der Waals surface area contributed by atoms with Crippen LogP contribution in [0.15, 0.2) is 48.7 Å². The molecule has 1 aliphatic rings. The Bertz CT molecular complexity index is 787. The molecular formula is C21H26N4O3. The van der Waals surface area contributed by atoms with Gasteiger partial charge in [-0.2, -0.15) is 0 Å². The number of urea groups is 1. The number of esters is 1. The van der Waals surface area contributed by atoms with Crippen LogP contribution in [0.5, 0.6) is 0 Å². The Morgan fingerprint density at radius 1 is 1.07 bits per heavy atom. The third-order valence-electron chi connectivity index (χ3n) is 4.96. The monoisotopic (exact) mass is 382 g/mol. The SMILES string of the molecule is CCN1CCN(C(=O)N(Cc2ccc(C(=O)OC)cc2)c2ccccn2)CC1. The maximum absolute atomic E-state index is 13.2. The van der Waals surface area contributed by atoms with Gasteiger partial charge in [-0.15, -0.1) is 0 Å². The van der Waals surface area contributed by atoms with E-state index in [1.807, 2.05) is 35.2 Å². The largest absolute Gasteiger partial charge is 0.465 e. The molecule has 0 aliphatic carbocycles. The minimum atomic E-state index is -0.377. The molecule has 7 heteroatoms. The van der Waals surface area contributed by atoms with Crippen LogP contribution in [0.25, 0.3) is 0 Å². The number of aromatic nitrogens is 1. The molecule has 0 spiro atoms. The first-order chi connectivity index (χ1) is 13.6. The van der Waals surface area contributed by atoms with E-state index in [1.54, 1.807) is 23.2 Å². The minimum absolute atomic E-state index is 0.0495. The van der Waals surface area contributed by atoms with Crippen LogP contribution in [-0.2, 0) is 11.3 Å². The smallest absolute Gasteiger partial charge is 0.337 e. The van der Waals surface area contributed by atoms with Crippen molar-refractivity contribution < 1.29 is 14.3 Å². The summed E-state index contributed by atoms with van der Waals surface area (Å²) in [5.74, 6) is 0.237. The number of anilines is 1. The Morgan fingerprint density at radius 2 is 1.79 bits per heavy atom. The highest BCUT2D eigenvalue weighted by atomic mass is 16.5. The highest BCUT2D eigenvalue weighted by Crippen LogP contribution is 2.18. The van der Waals surface area contributed by atoms with Gasteiger partial charge in [-0.25, -0.2) is 14.6 Å². The maximum Gasteiger partial charge on any atom is 0.337 e. The number of benzene rings is 1. The third-order valence-corrected chi connectivity index (χ3v) is 4.96. The number of rotatable bonds is 5. The lowest BCUT2D eigenvalue weighted by Gasteiger charge is -2.36. The Hall–Kier alpha value is -2.93. The van der Waals surface area contributed by atoms with Crippen LogP contribution in [0.4, 0.5) is 10.6 Å². The van der Waals surface area contributed by atoms with Crippen LogP contribution in [0.1, 0.15) is 22.8 Å². The van der Waals surface area contributed by atoms with Crippen LogP contribution in [0.2, 0.25) is 0 Å². The summed E-state index contributed by atoms with van der Waals surface area (Å²) in [5.41, 5.74) is 1.40. The molecule has 0 N–H and O–H groups in total. The van der Waals surface area contributed by atoms with E-state index >= 15 is 0 Å². The third kappa shape index (κ3) is 4.67. The first-order valence-electron chi connectivity index (χ1n) is 9.49. The van der Waals surface area contributed by atoms with Crippen LogP contribution in [0.3, 0.4) is 0 Å². The van der Waals surface area contributed by atoms with E-state index in [0.717, 1.165) is 25.2 Å². The molecule has 1 aliphatic heterocycles. The molecule has 0 atom stereocenters. The van der Waals surface area contributed by atoms with Crippen molar-refractivity contribution in [3.05, 3.63) is 59.8 Å². The van der Waals surface area contributed by atoms with Crippen molar-refractivity contribution >= 4 is 17.8 Å². The standard InChI is InChI=1S/C21H26N4O3/c1-3-23-12-14-24(15-13-23)21(27)25(19-6-4-5-11-22-19)16-17-7-9-18(10-8-17)20(26)28-2/h4-11H,3,12-16H2,1-2H3. The molecule has 28 heavy (non-hydrogen) atoms. The summed E-state index contributed by atoms with van der Waals surface area (Å²) in [7, 11) is 1.36. The van der Waals surface area contributed by atoms with Gasteiger partial charge in [0.25, 0.3) is 0 Å². The fourth-order valence-electron chi connectivity index (χ4n) is 3.23. The van der Waals surface area contributed by atoms with E-state index in [0.29, 0.717) is 31.0 Å². The van der Waals surface area contributed by atoms with Crippen molar-refractivity contribution in [2.75, 3.05) is 44.7 Å². The van der Waals surface area contributed by atoms with Gasteiger partial charge in [0, 0.05) is 32.4 Å². The number of carbonyl (C=O) groups excluding carboxylic acids is 2. The number of methoxy groups -OCH3 is 1. The summed E-state index contributed by atoms with van der Waals surface area (Å²) in [6, 6.07) is 12.6. The summed E-state index contributed by atoms with van der Waals surface area (Å²) >= 11 is 0. The molecule has 2 aromatic rings. The van der Waals surface area contributed by atoms with Crippen molar-refractivity contribution in [3.63, 3.8) is 0 Å². The molecule has 0 bridgehead atoms. The topological polar surface area (TPSA) is 66.0 Å². The second kappa shape index (κ2) is 9.32. The number of nitrogens with zero attached hydrogens (tertiary/aromatic N) is 4. The summed E-state index contributed by atoms with van der Waals surface area (Å²) in [6.45, 7) is 6.69. The van der Waals surface area contributed by atoms with E-state index in [-0.39, 0.29) is 12.0 Å². The molecule has 2 amide bonds. The molecule has 7 nitrogen and oxygen atoms in total.